The Morgan fingerprint density at radius 2 is 1.79 bits per heavy atom. The monoisotopic (exact) mass is 551 g/mol. The second-order valence-electron chi connectivity index (χ2n) is 9.83. The molecule has 4 rings (SSSR count). The Bertz CT molecular complexity index is 1410. The summed E-state index contributed by atoms with van der Waals surface area (Å²) in [7, 11) is -0.793. The smallest absolute Gasteiger partial charge is 0.441 e. The normalized spacial score (nSPS) is 15.6. The molecule has 1 amide bonds. The first-order chi connectivity index (χ1) is 17.8. The summed E-state index contributed by atoms with van der Waals surface area (Å²) < 4.78 is 67.8. The van der Waals surface area contributed by atoms with Crippen LogP contribution in [-0.4, -0.2) is 53.0 Å². The Kier molecular flexibility index (Phi) is 7.84. The minimum Gasteiger partial charge on any atom is -0.493 e. The molecular formula is C26H32F2N3O6P. The summed E-state index contributed by atoms with van der Waals surface area (Å²) in [6, 6.07) is 4.93. The number of amides is 1. The Balaban J connectivity index is 1.96. The highest BCUT2D eigenvalue weighted by Crippen LogP contribution is 2.56. The van der Waals surface area contributed by atoms with E-state index in [1.54, 1.807) is 54.8 Å². The Hall–Kier alpha value is -3.01. The second-order valence-corrected chi connectivity index (χ2v) is 11.6. The standard InChI is InChI=1S/C26H32F2N3O6P/c1-14(2)36-38(33,37-15(3)4)31-16(5)29-20-10-17(26(32)30(6)7)11-23(25(20)31)35-21-8-9-34-22-13-18(27)12-19(28)24(21)22/h10-15,21H,8-9H2,1-7H3/t21-/m0/s1. The number of aromatic nitrogens is 2. The van der Waals surface area contributed by atoms with Crippen LogP contribution in [0.3, 0.4) is 0 Å². The van der Waals surface area contributed by atoms with Gasteiger partial charge in [0.1, 0.15) is 40.6 Å². The number of imidazole rings is 1. The number of aryl methyl sites for hydroxylation is 1. The van der Waals surface area contributed by atoms with E-state index in [1.807, 2.05) is 0 Å². The Labute approximate surface area is 220 Å². The zero-order valence-corrected chi connectivity index (χ0v) is 23.3. The van der Waals surface area contributed by atoms with Crippen LogP contribution in [0.25, 0.3) is 11.0 Å². The third-order valence-electron chi connectivity index (χ3n) is 5.73. The summed E-state index contributed by atoms with van der Waals surface area (Å²) in [5.74, 6) is -1.43. The molecule has 3 aromatic rings. The highest BCUT2D eigenvalue weighted by atomic mass is 31.2. The van der Waals surface area contributed by atoms with Crippen molar-refractivity contribution >= 4 is 24.7 Å². The number of carbonyl (C=O) groups excluding carboxylic acids is 1. The number of fused-ring (bicyclic) bond motifs is 2. The molecule has 2 heterocycles. The van der Waals surface area contributed by atoms with Crippen molar-refractivity contribution < 1.29 is 36.7 Å². The predicted molar refractivity (Wildman–Crippen MR) is 138 cm³/mol. The maximum absolute atomic E-state index is 14.9. The third-order valence-corrected chi connectivity index (χ3v) is 8.08. The summed E-state index contributed by atoms with van der Waals surface area (Å²) in [6.07, 6.45) is -1.55. The third kappa shape index (κ3) is 5.41. The molecule has 9 nitrogen and oxygen atoms in total. The van der Waals surface area contributed by atoms with Crippen LogP contribution in [0.15, 0.2) is 24.3 Å². The molecule has 1 aliphatic rings. The summed E-state index contributed by atoms with van der Waals surface area (Å²) in [6.45, 7) is 8.73. The number of rotatable bonds is 8. The lowest BCUT2D eigenvalue weighted by Crippen LogP contribution is -2.23. The van der Waals surface area contributed by atoms with E-state index in [4.69, 9.17) is 18.5 Å². The zero-order chi connectivity index (χ0) is 27.9. The van der Waals surface area contributed by atoms with Crippen molar-refractivity contribution in [2.24, 2.45) is 0 Å². The highest BCUT2D eigenvalue weighted by molar-refractivity contribution is 7.52. The maximum atomic E-state index is 14.9. The molecule has 1 aromatic heterocycles. The lowest BCUT2D eigenvalue weighted by atomic mass is 10.0. The highest BCUT2D eigenvalue weighted by Gasteiger charge is 2.37. The van der Waals surface area contributed by atoms with Gasteiger partial charge in [-0.15, -0.1) is 0 Å². The molecule has 0 radical (unpaired) electrons. The first-order valence-electron chi connectivity index (χ1n) is 12.3. The van der Waals surface area contributed by atoms with E-state index in [2.05, 4.69) is 4.98 Å². The van der Waals surface area contributed by atoms with E-state index < -0.39 is 37.7 Å². The molecule has 206 valence electrons. The van der Waals surface area contributed by atoms with Crippen LogP contribution in [0.2, 0.25) is 0 Å². The zero-order valence-electron chi connectivity index (χ0n) is 22.4. The van der Waals surface area contributed by atoms with Crippen molar-refractivity contribution in [3.05, 3.63) is 52.9 Å². The van der Waals surface area contributed by atoms with Crippen molar-refractivity contribution in [1.29, 1.82) is 0 Å². The van der Waals surface area contributed by atoms with E-state index in [0.717, 1.165) is 12.1 Å². The van der Waals surface area contributed by atoms with Crippen LogP contribution < -0.4 is 9.47 Å². The Morgan fingerprint density at radius 3 is 2.39 bits per heavy atom. The summed E-state index contributed by atoms with van der Waals surface area (Å²) in [5, 5.41) is 0. The van der Waals surface area contributed by atoms with Crippen molar-refractivity contribution in [3.8, 4) is 11.5 Å². The van der Waals surface area contributed by atoms with Crippen LogP contribution in [-0.2, 0) is 13.6 Å². The molecule has 0 unspecified atom stereocenters. The van der Waals surface area contributed by atoms with E-state index in [-0.39, 0.29) is 47.1 Å². The summed E-state index contributed by atoms with van der Waals surface area (Å²) in [4.78, 5) is 18.9. The first-order valence-corrected chi connectivity index (χ1v) is 13.8. The average Bonchev–Trinajstić information content (AvgIpc) is 3.13. The number of benzene rings is 2. The number of hydrogen-bond acceptors (Lipinski definition) is 7. The Morgan fingerprint density at radius 1 is 1.13 bits per heavy atom. The predicted octanol–water partition coefficient (Wildman–Crippen LogP) is 6.03. The maximum Gasteiger partial charge on any atom is 0.441 e. The van der Waals surface area contributed by atoms with Crippen LogP contribution in [0.5, 0.6) is 11.5 Å². The second kappa shape index (κ2) is 10.6. The van der Waals surface area contributed by atoms with Gasteiger partial charge in [-0.2, -0.15) is 0 Å². The molecule has 2 aromatic carbocycles. The fourth-order valence-corrected chi connectivity index (χ4v) is 6.53. The van der Waals surface area contributed by atoms with Gasteiger partial charge in [-0.25, -0.2) is 22.7 Å². The summed E-state index contributed by atoms with van der Waals surface area (Å²) in [5.41, 5.74) is 0.895. The molecule has 38 heavy (non-hydrogen) atoms. The van der Waals surface area contributed by atoms with Crippen molar-refractivity contribution in [3.63, 3.8) is 0 Å². The van der Waals surface area contributed by atoms with Gasteiger partial charge in [0.2, 0.25) is 0 Å². The van der Waals surface area contributed by atoms with Gasteiger partial charge >= 0.3 is 7.75 Å². The van der Waals surface area contributed by atoms with Gasteiger partial charge in [-0.3, -0.25) is 13.8 Å². The first kappa shape index (κ1) is 28.0. The van der Waals surface area contributed by atoms with E-state index in [1.165, 1.54) is 15.3 Å². The van der Waals surface area contributed by atoms with E-state index in [0.29, 0.717) is 11.3 Å². The molecule has 0 N–H and O–H groups in total. The molecule has 1 atom stereocenters. The average molecular weight is 552 g/mol. The molecule has 0 bridgehead atoms. The molecule has 0 spiro atoms. The van der Waals surface area contributed by atoms with E-state index >= 15 is 0 Å². The minimum absolute atomic E-state index is 0.0390. The molecular weight excluding hydrogens is 519 g/mol. The number of carbonyl (C=O) groups is 1. The van der Waals surface area contributed by atoms with Gasteiger partial charge in [-0.1, -0.05) is 0 Å². The minimum atomic E-state index is -4.01. The fourth-order valence-electron chi connectivity index (χ4n) is 4.38. The van der Waals surface area contributed by atoms with Crippen LogP contribution in [0.1, 0.15) is 62.0 Å². The number of nitrogens with zero attached hydrogens (tertiary/aromatic N) is 3. The van der Waals surface area contributed by atoms with Crippen molar-refractivity contribution in [2.75, 3.05) is 20.7 Å². The largest absolute Gasteiger partial charge is 0.493 e. The van der Waals surface area contributed by atoms with E-state index in [9.17, 15) is 18.1 Å². The molecule has 0 aliphatic carbocycles. The van der Waals surface area contributed by atoms with Gasteiger partial charge < -0.3 is 14.4 Å². The topological polar surface area (TPSA) is 92.1 Å². The molecule has 12 heteroatoms. The SMILES string of the molecule is Cc1nc2cc(C(=O)N(C)C)cc(O[C@H]3CCOc4cc(F)cc(F)c43)c2n1P(=O)(OC(C)C)OC(C)C. The van der Waals surface area contributed by atoms with Gasteiger partial charge in [-0.05, 0) is 46.8 Å². The van der Waals surface area contributed by atoms with Gasteiger partial charge in [0.15, 0.2) is 0 Å². The summed E-state index contributed by atoms with van der Waals surface area (Å²) >= 11 is 0. The fraction of sp³-hybridized carbons (Fsp3) is 0.462. The molecule has 0 saturated carbocycles. The number of hydrogen-bond donors (Lipinski definition) is 0. The van der Waals surface area contributed by atoms with Crippen LogP contribution in [0, 0.1) is 18.6 Å². The molecule has 0 fully saturated rings. The van der Waals surface area contributed by atoms with Crippen LogP contribution in [0.4, 0.5) is 8.78 Å². The lowest BCUT2D eigenvalue weighted by molar-refractivity contribution is 0.0826. The lowest BCUT2D eigenvalue weighted by Gasteiger charge is -2.28. The van der Waals surface area contributed by atoms with Crippen LogP contribution >= 0.6 is 7.75 Å². The van der Waals surface area contributed by atoms with Crippen molar-refractivity contribution in [2.45, 2.75) is 59.4 Å². The van der Waals surface area contributed by atoms with Crippen molar-refractivity contribution in [1.82, 2.24) is 14.2 Å². The number of halogens is 2. The number of ether oxygens (including phenoxy) is 2. The quantitative estimate of drug-likeness (QED) is 0.316. The van der Waals surface area contributed by atoms with Gasteiger partial charge in [0.05, 0.1) is 29.9 Å². The van der Waals surface area contributed by atoms with Gasteiger partial charge in [0.25, 0.3) is 5.91 Å². The molecule has 0 saturated heterocycles. The van der Waals surface area contributed by atoms with Gasteiger partial charge in [0, 0.05) is 38.2 Å². The molecule has 1 aliphatic heterocycles.